The van der Waals surface area contributed by atoms with E-state index < -0.39 is 17.7 Å². The first kappa shape index (κ1) is 14.4. The summed E-state index contributed by atoms with van der Waals surface area (Å²) < 4.78 is 38.8. The smallest absolute Gasteiger partial charge is 0.416 e. The van der Waals surface area contributed by atoms with Gasteiger partial charge in [-0.1, -0.05) is 11.6 Å². The van der Waals surface area contributed by atoms with E-state index in [0.717, 1.165) is 18.2 Å². The average molecular weight is 305 g/mol. The van der Waals surface area contributed by atoms with Gasteiger partial charge in [-0.2, -0.15) is 18.3 Å². The van der Waals surface area contributed by atoms with Gasteiger partial charge in [0.25, 0.3) is 0 Å². The van der Waals surface area contributed by atoms with Crippen molar-refractivity contribution >= 4 is 17.6 Å². The summed E-state index contributed by atoms with van der Waals surface area (Å²) in [5.41, 5.74) is -0.457. The van der Waals surface area contributed by atoms with Gasteiger partial charge in [-0.3, -0.25) is 0 Å². The normalized spacial score (nSPS) is 11.7. The Morgan fingerprint density at radius 2 is 2.00 bits per heavy atom. The lowest BCUT2D eigenvalue weighted by molar-refractivity contribution is -0.137. The number of benzene rings is 1. The SMILES string of the molecule is Cc1cc(C(=O)O)nn1-c1ccc(C(F)(F)F)cc1Cl. The lowest BCUT2D eigenvalue weighted by Crippen LogP contribution is -2.07. The van der Waals surface area contributed by atoms with Crippen molar-refractivity contribution in [1.82, 2.24) is 9.78 Å². The Morgan fingerprint density at radius 3 is 2.45 bits per heavy atom. The van der Waals surface area contributed by atoms with E-state index in [1.54, 1.807) is 6.92 Å². The number of carboxylic acid groups (broad SMARTS) is 1. The molecule has 20 heavy (non-hydrogen) atoms. The van der Waals surface area contributed by atoms with E-state index in [1.165, 1.54) is 10.7 Å². The zero-order valence-electron chi connectivity index (χ0n) is 10.1. The number of hydrogen-bond acceptors (Lipinski definition) is 2. The molecular formula is C12H8ClF3N2O2. The summed E-state index contributed by atoms with van der Waals surface area (Å²) in [6.07, 6.45) is -4.49. The summed E-state index contributed by atoms with van der Waals surface area (Å²) >= 11 is 5.82. The molecule has 0 saturated carbocycles. The summed E-state index contributed by atoms with van der Waals surface area (Å²) in [6.45, 7) is 1.58. The Hall–Kier alpha value is -2.02. The third kappa shape index (κ3) is 2.62. The molecule has 0 aliphatic rings. The van der Waals surface area contributed by atoms with Crippen molar-refractivity contribution in [2.24, 2.45) is 0 Å². The first-order chi connectivity index (χ1) is 9.20. The second kappa shape index (κ2) is 4.82. The number of rotatable bonds is 2. The Morgan fingerprint density at radius 1 is 1.35 bits per heavy atom. The molecule has 8 heteroatoms. The molecule has 1 aromatic heterocycles. The van der Waals surface area contributed by atoms with E-state index in [1.807, 2.05) is 0 Å². The molecule has 0 saturated heterocycles. The van der Waals surface area contributed by atoms with Crippen LogP contribution in [-0.2, 0) is 6.18 Å². The number of carbonyl (C=O) groups is 1. The second-order valence-electron chi connectivity index (χ2n) is 4.05. The minimum atomic E-state index is -4.49. The summed E-state index contributed by atoms with van der Waals surface area (Å²) in [7, 11) is 0. The van der Waals surface area contributed by atoms with Crippen LogP contribution >= 0.6 is 11.6 Å². The van der Waals surface area contributed by atoms with Crippen molar-refractivity contribution in [3.63, 3.8) is 0 Å². The molecule has 0 atom stereocenters. The van der Waals surface area contributed by atoms with Gasteiger partial charge < -0.3 is 5.11 Å². The average Bonchev–Trinajstić information content (AvgIpc) is 2.70. The summed E-state index contributed by atoms with van der Waals surface area (Å²) in [5.74, 6) is -1.23. The molecule has 0 amide bonds. The fourth-order valence-corrected chi connectivity index (χ4v) is 1.94. The highest BCUT2D eigenvalue weighted by molar-refractivity contribution is 6.32. The lowest BCUT2D eigenvalue weighted by atomic mass is 10.2. The van der Waals surface area contributed by atoms with Crippen molar-refractivity contribution in [1.29, 1.82) is 0 Å². The van der Waals surface area contributed by atoms with Gasteiger partial charge in [-0.15, -0.1) is 0 Å². The van der Waals surface area contributed by atoms with Gasteiger partial charge >= 0.3 is 12.1 Å². The lowest BCUT2D eigenvalue weighted by Gasteiger charge is -2.11. The van der Waals surface area contributed by atoms with Crippen molar-refractivity contribution in [2.45, 2.75) is 13.1 Å². The quantitative estimate of drug-likeness (QED) is 0.923. The first-order valence-corrected chi connectivity index (χ1v) is 5.75. The van der Waals surface area contributed by atoms with E-state index >= 15 is 0 Å². The Bertz CT molecular complexity index is 680. The largest absolute Gasteiger partial charge is 0.476 e. The zero-order chi connectivity index (χ0) is 15.1. The number of carboxylic acids is 1. The van der Waals surface area contributed by atoms with Gasteiger partial charge in [-0.05, 0) is 31.2 Å². The van der Waals surface area contributed by atoms with Gasteiger partial charge in [0.05, 0.1) is 16.3 Å². The molecule has 1 aromatic carbocycles. The highest BCUT2D eigenvalue weighted by Gasteiger charge is 2.31. The van der Waals surface area contributed by atoms with Gasteiger partial charge in [0, 0.05) is 5.69 Å². The third-order valence-electron chi connectivity index (χ3n) is 2.61. The highest BCUT2D eigenvalue weighted by Crippen LogP contribution is 2.33. The van der Waals surface area contributed by atoms with Crippen LogP contribution in [0.5, 0.6) is 0 Å². The van der Waals surface area contributed by atoms with Crippen LogP contribution in [0.3, 0.4) is 0 Å². The van der Waals surface area contributed by atoms with Crippen molar-refractivity contribution in [3.05, 3.63) is 46.2 Å². The van der Waals surface area contributed by atoms with Crippen LogP contribution in [0.4, 0.5) is 13.2 Å². The fraction of sp³-hybridized carbons (Fsp3) is 0.167. The van der Waals surface area contributed by atoms with E-state index in [-0.39, 0.29) is 16.4 Å². The van der Waals surface area contributed by atoms with Gasteiger partial charge in [0.2, 0.25) is 0 Å². The van der Waals surface area contributed by atoms with Crippen LogP contribution in [0.25, 0.3) is 5.69 Å². The number of halogens is 4. The van der Waals surface area contributed by atoms with Crippen LogP contribution in [0.2, 0.25) is 5.02 Å². The van der Waals surface area contributed by atoms with Crippen LogP contribution in [0.1, 0.15) is 21.7 Å². The Kier molecular flexibility index (Phi) is 3.47. The minimum absolute atomic E-state index is 0.164. The maximum Gasteiger partial charge on any atom is 0.416 e. The van der Waals surface area contributed by atoms with Crippen LogP contribution in [0.15, 0.2) is 24.3 Å². The summed E-state index contributed by atoms with van der Waals surface area (Å²) in [5, 5.41) is 12.5. The number of nitrogens with zero attached hydrogens (tertiary/aromatic N) is 2. The molecule has 0 bridgehead atoms. The van der Waals surface area contributed by atoms with Gasteiger partial charge in [0.1, 0.15) is 0 Å². The molecule has 2 rings (SSSR count). The van der Waals surface area contributed by atoms with Crippen molar-refractivity contribution < 1.29 is 23.1 Å². The molecule has 0 aliphatic heterocycles. The number of aromatic nitrogens is 2. The molecule has 0 radical (unpaired) electrons. The Balaban J connectivity index is 2.51. The maximum atomic E-state index is 12.5. The van der Waals surface area contributed by atoms with E-state index in [0.29, 0.717) is 5.69 Å². The molecule has 0 spiro atoms. The standard InChI is InChI=1S/C12H8ClF3N2O2/c1-6-4-9(11(19)20)17-18(6)10-3-2-7(5-8(10)13)12(14,15)16/h2-5H,1H3,(H,19,20). The molecular weight excluding hydrogens is 297 g/mol. The maximum absolute atomic E-state index is 12.5. The molecule has 2 aromatic rings. The monoisotopic (exact) mass is 304 g/mol. The van der Waals surface area contributed by atoms with E-state index in [4.69, 9.17) is 16.7 Å². The molecule has 0 unspecified atom stereocenters. The zero-order valence-corrected chi connectivity index (χ0v) is 10.8. The second-order valence-corrected chi connectivity index (χ2v) is 4.46. The van der Waals surface area contributed by atoms with E-state index in [2.05, 4.69) is 5.10 Å². The van der Waals surface area contributed by atoms with E-state index in [9.17, 15) is 18.0 Å². The topological polar surface area (TPSA) is 55.1 Å². The number of aromatic carboxylic acids is 1. The van der Waals surface area contributed by atoms with Crippen LogP contribution < -0.4 is 0 Å². The molecule has 1 heterocycles. The molecule has 1 N–H and O–H groups in total. The number of alkyl halides is 3. The predicted octanol–water partition coefficient (Wildman–Crippen LogP) is 3.55. The highest BCUT2D eigenvalue weighted by atomic mass is 35.5. The van der Waals surface area contributed by atoms with Gasteiger partial charge in [-0.25, -0.2) is 9.48 Å². The molecule has 0 fully saturated rings. The Labute approximate surface area is 116 Å². The molecule has 4 nitrogen and oxygen atoms in total. The summed E-state index contributed by atoms with van der Waals surface area (Å²) in [4.78, 5) is 10.8. The van der Waals surface area contributed by atoms with Crippen LogP contribution in [-0.4, -0.2) is 20.9 Å². The molecule has 106 valence electrons. The minimum Gasteiger partial charge on any atom is -0.476 e. The fourth-order valence-electron chi connectivity index (χ4n) is 1.68. The van der Waals surface area contributed by atoms with Crippen molar-refractivity contribution in [3.8, 4) is 5.69 Å². The van der Waals surface area contributed by atoms with Crippen molar-refractivity contribution in [2.75, 3.05) is 0 Å². The number of hydrogen-bond donors (Lipinski definition) is 1. The number of aryl methyl sites for hydroxylation is 1. The van der Waals surface area contributed by atoms with Gasteiger partial charge in [0.15, 0.2) is 5.69 Å². The predicted molar refractivity (Wildman–Crippen MR) is 65.3 cm³/mol. The summed E-state index contributed by atoms with van der Waals surface area (Å²) in [6, 6.07) is 4.09. The van der Waals surface area contributed by atoms with Crippen LogP contribution in [0, 0.1) is 6.92 Å². The third-order valence-corrected chi connectivity index (χ3v) is 2.91. The first-order valence-electron chi connectivity index (χ1n) is 5.37. The molecule has 0 aliphatic carbocycles.